The number of benzene rings is 2. The van der Waals surface area contributed by atoms with E-state index in [0.717, 1.165) is 27.7 Å². The van der Waals surface area contributed by atoms with Crippen LogP contribution in [-0.2, 0) is 0 Å². The fourth-order valence-electron chi connectivity index (χ4n) is 2.13. The summed E-state index contributed by atoms with van der Waals surface area (Å²) in [4.78, 5) is 5.84. The highest BCUT2D eigenvalue weighted by Crippen LogP contribution is 2.24. The van der Waals surface area contributed by atoms with Gasteiger partial charge < -0.3 is 0 Å². The van der Waals surface area contributed by atoms with Crippen LogP contribution >= 0.6 is 23.1 Å². The lowest BCUT2D eigenvalue weighted by Gasteiger charge is -2.00. The number of aromatic nitrogens is 1. The molecule has 5 heteroatoms. The summed E-state index contributed by atoms with van der Waals surface area (Å²) >= 11 is 3.43. The topological polar surface area (TPSA) is 37.3 Å². The van der Waals surface area contributed by atoms with E-state index < -0.39 is 0 Å². The number of nitrogens with zero attached hydrogens (tertiary/aromatic N) is 2. The first-order valence-electron chi connectivity index (χ1n) is 7.88. The number of rotatable bonds is 7. The molecule has 2 aromatic carbocycles. The minimum atomic E-state index is 0.793. The van der Waals surface area contributed by atoms with Crippen LogP contribution in [0.25, 0.3) is 11.3 Å². The molecule has 3 aromatic rings. The number of hydrazone groups is 1. The molecule has 0 saturated carbocycles. The molecule has 0 saturated heterocycles. The lowest BCUT2D eigenvalue weighted by molar-refractivity contribution is 1.10. The average Bonchev–Trinajstić information content (AvgIpc) is 3.10. The van der Waals surface area contributed by atoms with Crippen molar-refractivity contribution in [2.75, 3.05) is 11.2 Å². The summed E-state index contributed by atoms with van der Waals surface area (Å²) in [7, 11) is 0. The number of thioether (sulfide) groups is 1. The van der Waals surface area contributed by atoms with Crippen molar-refractivity contribution in [3.05, 3.63) is 65.5 Å². The fraction of sp³-hybridized carbons (Fsp3) is 0.158. The molecule has 0 aliphatic rings. The van der Waals surface area contributed by atoms with Crippen molar-refractivity contribution in [3.63, 3.8) is 0 Å². The minimum Gasteiger partial charge on any atom is -0.253 e. The molecule has 0 radical (unpaired) electrons. The Bertz CT molecular complexity index is 797. The molecule has 1 aromatic heterocycles. The van der Waals surface area contributed by atoms with Crippen LogP contribution in [0.15, 0.2) is 70.0 Å². The van der Waals surface area contributed by atoms with Crippen molar-refractivity contribution in [1.29, 1.82) is 0 Å². The second kappa shape index (κ2) is 8.66. The van der Waals surface area contributed by atoms with Gasteiger partial charge in [-0.3, -0.25) is 5.43 Å². The Morgan fingerprint density at radius 1 is 1.17 bits per heavy atom. The number of anilines is 1. The van der Waals surface area contributed by atoms with Crippen LogP contribution in [0.2, 0.25) is 0 Å². The zero-order valence-corrected chi connectivity index (χ0v) is 15.1. The molecule has 1 heterocycles. The number of hydrogen-bond acceptors (Lipinski definition) is 5. The van der Waals surface area contributed by atoms with E-state index in [-0.39, 0.29) is 0 Å². The molecule has 3 rings (SSSR count). The summed E-state index contributed by atoms with van der Waals surface area (Å²) < 4.78 is 0. The lowest BCUT2D eigenvalue weighted by atomic mass is 10.2. The van der Waals surface area contributed by atoms with Crippen LogP contribution in [-0.4, -0.2) is 17.0 Å². The van der Waals surface area contributed by atoms with Crippen LogP contribution in [0.3, 0.4) is 0 Å². The van der Waals surface area contributed by atoms with Crippen molar-refractivity contribution in [2.45, 2.75) is 18.2 Å². The standard InChI is InChI=1S/C19H19N3S2/c1-2-11-23-17-10-6-7-15(12-17)13-20-22-19-21-18(14-24-19)16-8-4-3-5-9-16/h3-10,12-14H,2,11H2,1H3,(H,21,22). The monoisotopic (exact) mass is 353 g/mol. The van der Waals surface area contributed by atoms with Gasteiger partial charge in [-0.2, -0.15) is 5.10 Å². The van der Waals surface area contributed by atoms with Crippen LogP contribution in [0, 0.1) is 0 Å². The van der Waals surface area contributed by atoms with E-state index in [9.17, 15) is 0 Å². The van der Waals surface area contributed by atoms with Crippen molar-refractivity contribution in [2.24, 2.45) is 5.10 Å². The SMILES string of the molecule is CCCSc1cccc(C=NNc2nc(-c3ccccc3)cs2)c1. The highest BCUT2D eigenvalue weighted by molar-refractivity contribution is 7.99. The highest BCUT2D eigenvalue weighted by Gasteiger charge is 2.02. The van der Waals surface area contributed by atoms with E-state index in [1.807, 2.05) is 41.6 Å². The van der Waals surface area contributed by atoms with Crippen LogP contribution in [0.1, 0.15) is 18.9 Å². The molecule has 0 bridgehead atoms. The van der Waals surface area contributed by atoms with Crippen LogP contribution in [0.4, 0.5) is 5.13 Å². The largest absolute Gasteiger partial charge is 0.253 e. The maximum absolute atomic E-state index is 4.56. The Balaban J connectivity index is 1.61. The average molecular weight is 354 g/mol. The molecule has 24 heavy (non-hydrogen) atoms. The van der Waals surface area contributed by atoms with Gasteiger partial charge in [0.1, 0.15) is 0 Å². The summed E-state index contributed by atoms with van der Waals surface area (Å²) in [5.74, 6) is 1.14. The van der Waals surface area contributed by atoms with Gasteiger partial charge in [-0.1, -0.05) is 49.4 Å². The normalized spacial score (nSPS) is 11.0. The van der Waals surface area contributed by atoms with Crippen molar-refractivity contribution >= 4 is 34.4 Å². The predicted molar refractivity (Wildman–Crippen MR) is 106 cm³/mol. The molecule has 0 aliphatic heterocycles. The van der Waals surface area contributed by atoms with Gasteiger partial charge in [0.15, 0.2) is 0 Å². The first-order valence-corrected chi connectivity index (χ1v) is 9.74. The molecule has 3 nitrogen and oxygen atoms in total. The van der Waals surface area contributed by atoms with Crippen molar-refractivity contribution < 1.29 is 0 Å². The smallest absolute Gasteiger partial charge is 0.203 e. The van der Waals surface area contributed by atoms with Gasteiger partial charge in [0, 0.05) is 15.8 Å². The second-order valence-electron chi connectivity index (χ2n) is 5.19. The number of nitrogens with one attached hydrogen (secondary N) is 1. The summed E-state index contributed by atoms with van der Waals surface area (Å²) in [6.45, 7) is 2.19. The molecule has 0 spiro atoms. The molecule has 0 fully saturated rings. The van der Waals surface area contributed by atoms with Crippen molar-refractivity contribution in [3.8, 4) is 11.3 Å². The first kappa shape index (κ1) is 16.7. The molecule has 0 aliphatic carbocycles. The third-order valence-corrected chi connectivity index (χ3v) is 5.23. The van der Waals surface area contributed by atoms with E-state index in [4.69, 9.17) is 0 Å². The van der Waals surface area contributed by atoms with E-state index in [1.165, 1.54) is 11.3 Å². The summed E-state index contributed by atoms with van der Waals surface area (Å²) in [5, 5.41) is 7.13. The summed E-state index contributed by atoms with van der Waals surface area (Å²) in [6.07, 6.45) is 3.01. The van der Waals surface area contributed by atoms with Gasteiger partial charge in [0.05, 0.1) is 11.9 Å². The van der Waals surface area contributed by atoms with E-state index in [0.29, 0.717) is 0 Å². The Morgan fingerprint density at radius 3 is 2.88 bits per heavy atom. The molecule has 1 N–H and O–H groups in total. The maximum atomic E-state index is 4.56. The van der Waals surface area contributed by atoms with Gasteiger partial charge in [0.2, 0.25) is 5.13 Å². The van der Waals surface area contributed by atoms with Gasteiger partial charge in [-0.05, 0) is 29.9 Å². The van der Waals surface area contributed by atoms with Crippen molar-refractivity contribution in [1.82, 2.24) is 4.98 Å². The Kier molecular flexibility index (Phi) is 6.04. The second-order valence-corrected chi connectivity index (χ2v) is 7.22. The third-order valence-electron chi connectivity index (χ3n) is 3.28. The Hall–Kier alpha value is -2.11. The minimum absolute atomic E-state index is 0.793. The Morgan fingerprint density at radius 2 is 2.04 bits per heavy atom. The molecular weight excluding hydrogens is 334 g/mol. The fourth-order valence-corrected chi connectivity index (χ4v) is 3.64. The predicted octanol–water partition coefficient (Wildman–Crippen LogP) is 5.76. The van der Waals surface area contributed by atoms with E-state index >= 15 is 0 Å². The molecule has 0 atom stereocenters. The quantitative estimate of drug-likeness (QED) is 0.333. The van der Waals surface area contributed by atoms with Gasteiger partial charge in [-0.25, -0.2) is 4.98 Å². The molecular formula is C19H19N3S2. The molecule has 0 unspecified atom stereocenters. The van der Waals surface area contributed by atoms with Crippen LogP contribution < -0.4 is 5.43 Å². The lowest BCUT2D eigenvalue weighted by Crippen LogP contribution is -1.90. The third kappa shape index (κ3) is 4.69. The van der Waals surface area contributed by atoms with Crippen LogP contribution in [0.5, 0.6) is 0 Å². The highest BCUT2D eigenvalue weighted by atomic mass is 32.2. The summed E-state index contributed by atoms with van der Waals surface area (Å²) in [5.41, 5.74) is 6.19. The Labute approximate surface area is 150 Å². The van der Waals surface area contributed by atoms with E-state index in [2.05, 4.69) is 58.8 Å². The van der Waals surface area contributed by atoms with E-state index in [1.54, 1.807) is 11.3 Å². The van der Waals surface area contributed by atoms with Gasteiger partial charge in [0.25, 0.3) is 0 Å². The zero-order valence-electron chi connectivity index (χ0n) is 13.5. The number of thiazole rings is 1. The summed E-state index contributed by atoms with van der Waals surface area (Å²) in [6, 6.07) is 18.6. The molecule has 122 valence electrons. The van der Waals surface area contributed by atoms with Gasteiger partial charge in [-0.15, -0.1) is 23.1 Å². The molecule has 0 amide bonds. The first-order chi connectivity index (χ1) is 11.8. The maximum Gasteiger partial charge on any atom is 0.203 e. The van der Waals surface area contributed by atoms with Gasteiger partial charge >= 0.3 is 0 Å². The number of hydrogen-bond donors (Lipinski definition) is 1. The zero-order chi connectivity index (χ0) is 16.6.